The summed E-state index contributed by atoms with van der Waals surface area (Å²) in [4.78, 5) is 0. The van der Waals surface area contributed by atoms with Gasteiger partial charge in [-0.05, 0) is 63.3 Å². The number of hydrogen-bond donors (Lipinski definition) is 2. The molecule has 0 unspecified atom stereocenters. The predicted molar refractivity (Wildman–Crippen MR) is 107 cm³/mol. The van der Waals surface area contributed by atoms with Crippen molar-refractivity contribution in [1.29, 1.82) is 0 Å². The first-order valence-corrected chi connectivity index (χ1v) is 11.0. The molecular formula is C21H35F3N4O. The molecule has 1 aliphatic carbocycles. The molecule has 1 saturated carbocycles. The van der Waals surface area contributed by atoms with Crippen LogP contribution in [-0.4, -0.2) is 49.3 Å². The number of ether oxygens (including phenoxy) is 1. The lowest BCUT2D eigenvalue weighted by atomic mass is 9.67. The number of rotatable bonds is 10. The van der Waals surface area contributed by atoms with E-state index in [1.54, 1.807) is 0 Å². The van der Waals surface area contributed by atoms with E-state index in [0.717, 1.165) is 76.8 Å². The number of nitrogens with one attached hydrogen (secondary N) is 2. The zero-order chi connectivity index (χ0) is 20.9. The van der Waals surface area contributed by atoms with Crippen LogP contribution in [0.25, 0.3) is 0 Å². The molecule has 2 N–H and O–H groups in total. The highest BCUT2D eigenvalue weighted by atomic mass is 19.4. The van der Waals surface area contributed by atoms with Gasteiger partial charge in [-0.25, -0.2) is 0 Å². The minimum absolute atomic E-state index is 0.122. The molecule has 2 aliphatic rings. The van der Waals surface area contributed by atoms with Crippen molar-refractivity contribution in [2.75, 3.05) is 33.4 Å². The van der Waals surface area contributed by atoms with E-state index in [0.29, 0.717) is 5.92 Å². The number of aryl methyl sites for hydroxylation is 1. The monoisotopic (exact) mass is 416 g/mol. The van der Waals surface area contributed by atoms with Crippen molar-refractivity contribution in [3.8, 4) is 0 Å². The van der Waals surface area contributed by atoms with E-state index in [4.69, 9.17) is 9.84 Å². The average Bonchev–Trinajstić information content (AvgIpc) is 3.26. The predicted octanol–water partition coefficient (Wildman–Crippen LogP) is 3.77. The van der Waals surface area contributed by atoms with Crippen molar-refractivity contribution in [2.24, 2.45) is 5.41 Å². The summed E-state index contributed by atoms with van der Waals surface area (Å²) in [6, 6.07) is 0. The number of nitrogens with zero attached hydrogens (tertiary/aromatic N) is 2. The van der Waals surface area contributed by atoms with Crippen LogP contribution in [-0.2, 0) is 24.2 Å². The second-order valence-corrected chi connectivity index (χ2v) is 8.65. The highest BCUT2D eigenvalue weighted by molar-refractivity contribution is 5.33. The topological polar surface area (TPSA) is 51.1 Å². The maximum Gasteiger partial charge on any atom is 0.411 e. The van der Waals surface area contributed by atoms with Crippen LogP contribution in [0.1, 0.15) is 68.3 Å². The Hall–Kier alpha value is -1.12. The van der Waals surface area contributed by atoms with Crippen molar-refractivity contribution in [3.63, 3.8) is 0 Å². The molecule has 1 fully saturated rings. The van der Waals surface area contributed by atoms with Gasteiger partial charge < -0.3 is 15.4 Å². The summed E-state index contributed by atoms with van der Waals surface area (Å²) < 4.78 is 44.6. The van der Waals surface area contributed by atoms with E-state index in [1.165, 1.54) is 11.3 Å². The third kappa shape index (κ3) is 5.73. The fourth-order valence-electron chi connectivity index (χ4n) is 4.93. The van der Waals surface area contributed by atoms with Gasteiger partial charge in [0.25, 0.3) is 0 Å². The first-order chi connectivity index (χ1) is 13.9. The SMILES string of the molecule is CCC1(COCC(F)(F)F)CCC(c2c(CNCCNC)nn3c2CCC3)CC1. The molecule has 0 aromatic carbocycles. The number of likely N-dealkylation sites (N-methyl/N-ethyl adjacent to an activating group) is 1. The fraction of sp³-hybridized carbons (Fsp3) is 0.857. The molecule has 2 heterocycles. The second kappa shape index (κ2) is 9.79. The molecule has 0 bridgehead atoms. The van der Waals surface area contributed by atoms with Gasteiger partial charge in [0.1, 0.15) is 6.61 Å². The molecule has 166 valence electrons. The maximum atomic E-state index is 12.5. The summed E-state index contributed by atoms with van der Waals surface area (Å²) in [5.41, 5.74) is 3.85. The Bertz CT molecular complexity index is 651. The van der Waals surface area contributed by atoms with Crippen molar-refractivity contribution < 1.29 is 17.9 Å². The van der Waals surface area contributed by atoms with Crippen LogP contribution >= 0.6 is 0 Å². The molecule has 1 aromatic rings. The highest BCUT2D eigenvalue weighted by Crippen LogP contribution is 2.47. The van der Waals surface area contributed by atoms with E-state index in [2.05, 4.69) is 22.2 Å². The quantitative estimate of drug-likeness (QED) is 0.570. The Morgan fingerprint density at radius 1 is 1.24 bits per heavy atom. The van der Waals surface area contributed by atoms with E-state index in [1.807, 2.05) is 7.05 Å². The van der Waals surface area contributed by atoms with Crippen LogP contribution in [0.2, 0.25) is 0 Å². The van der Waals surface area contributed by atoms with Crippen LogP contribution < -0.4 is 10.6 Å². The van der Waals surface area contributed by atoms with Gasteiger partial charge in [0.2, 0.25) is 0 Å². The lowest BCUT2D eigenvalue weighted by Gasteiger charge is -2.40. The lowest BCUT2D eigenvalue weighted by Crippen LogP contribution is -2.33. The van der Waals surface area contributed by atoms with Gasteiger partial charge >= 0.3 is 6.18 Å². The minimum atomic E-state index is -4.25. The van der Waals surface area contributed by atoms with E-state index >= 15 is 0 Å². The summed E-state index contributed by atoms with van der Waals surface area (Å²) in [7, 11) is 1.94. The van der Waals surface area contributed by atoms with Gasteiger partial charge in [-0.15, -0.1) is 0 Å². The summed E-state index contributed by atoms with van der Waals surface area (Å²) >= 11 is 0. The summed E-state index contributed by atoms with van der Waals surface area (Å²) in [5, 5.41) is 11.5. The van der Waals surface area contributed by atoms with E-state index in [-0.39, 0.29) is 12.0 Å². The molecule has 29 heavy (non-hydrogen) atoms. The summed E-state index contributed by atoms with van der Waals surface area (Å²) in [6.45, 7) is 4.74. The third-order valence-electron chi connectivity index (χ3n) is 6.68. The number of aromatic nitrogens is 2. The van der Waals surface area contributed by atoms with Crippen LogP contribution in [0, 0.1) is 5.41 Å². The first-order valence-electron chi connectivity index (χ1n) is 11.0. The molecule has 0 amide bonds. The van der Waals surface area contributed by atoms with Crippen molar-refractivity contribution in [1.82, 2.24) is 20.4 Å². The molecule has 1 aliphatic heterocycles. The zero-order valence-corrected chi connectivity index (χ0v) is 17.7. The van der Waals surface area contributed by atoms with Gasteiger partial charge in [0.15, 0.2) is 0 Å². The maximum absolute atomic E-state index is 12.5. The molecule has 1 aromatic heterocycles. The molecule has 0 atom stereocenters. The van der Waals surface area contributed by atoms with Crippen LogP contribution in [0.5, 0.6) is 0 Å². The Morgan fingerprint density at radius 2 is 2.00 bits per heavy atom. The van der Waals surface area contributed by atoms with Crippen LogP contribution in [0.3, 0.4) is 0 Å². The first kappa shape index (κ1) is 22.6. The minimum Gasteiger partial charge on any atom is -0.371 e. The number of fused-ring (bicyclic) bond motifs is 1. The Morgan fingerprint density at radius 3 is 2.66 bits per heavy atom. The third-order valence-corrected chi connectivity index (χ3v) is 6.68. The molecule has 8 heteroatoms. The number of hydrogen-bond acceptors (Lipinski definition) is 4. The van der Waals surface area contributed by atoms with Crippen molar-refractivity contribution >= 4 is 0 Å². The average molecular weight is 417 g/mol. The van der Waals surface area contributed by atoms with E-state index < -0.39 is 12.8 Å². The molecule has 5 nitrogen and oxygen atoms in total. The Balaban J connectivity index is 1.63. The van der Waals surface area contributed by atoms with Crippen LogP contribution in [0.4, 0.5) is 13.2 Å². The standard InChI is InChI=1S/C21H35F3N4O/c1-3-20(14-29-15-21(22,23)24)8-6-16(7-9-20)19-17(13-26-11-10-25-2)27-28-12-4-5-18(19)28/h16,25-26H,3-15H2,1-2H3. The van der Waals surface area contributed by atoms with Gasteiger partial charge in [0.05, 0.1) is 12.3 Å². The van der Waals surface area contributed by atoms with E-state index in [9.17, 15) is 13.2 Å². The molecular weight excluding hydrogens is 381 g/mol. The zero-order valence-electron chi connectivity index (χ0n) is 17.7. The Labute approximate surface area is 171 Å². The lowest BCUT2D eigenvalue weighted by molar-refractivity contribution is -0.182. The Kier molecular flexibility index (Phi) is 7.62. The van der Waals surface area contributed by atoms with Crippen molar-refractivity contribution in [2.45, 2.75) is 77.1 Å². The second-order valence-electron chi connectivity index (χ2n) is 8.65. The van der Waals surface area contributed by atoms with Crippen molar-refractivity contribution in [3.05, 3.63) is 17.0 Å². The summed E-state index contributed by atoms with van der Waals surface area (Å²) in [5.74, 6) is 0.459. The smallest absolute Gasteiger partial charge is 0.371 e. The van der Waals surface area contributed by atoms with Gasteiger partial charge in [-0.3, -0.25) is 4.68 Å². The highest BCUT2D eigenvalue weighted by Gasteiger charge is 2.38. The number of alkyl halides is 3. The van der Waals surface area contributed by atoms with Gasteiger partial charge in [-0.1, -0.05) is 6.92 Å². The largest absolute Gasteiger partial charge is 0.411 e. The molecule has 0 saturated heterocycles. The van der Waals surface area contributed by atoms with Gasteiger partial charge in [-0.2, -0.15) is 18.3 Å². The molecule has 3 rings (SSSR count). The van der Waals surface area contributed by atoms with Gasteiger partial charge in [0, 0.05) is 37.4 Å². The van der Waals surface area contributed by atoms with Crippen LogP contribution in [0.15, 0.2) is 0 Å². The molecule has 0 radical (unpaired) electrons. The summed E-state index contributed by atoms with van der Waals surface area (Å²) in [6.07, 6.45) is 2.70. The number of halogens is 3. The molecule has 0 spiro atoms. The normalized spacial score (nSPS) is 24.8. The fourth-order valence-corrected chi connectivity index (χ4v) is 4.93.